The van der Waals surface area contributed by atoms with E-state index in [4.69, 9.17) is 9.47 Å². The van der Waals surface area contributed by atoms with E-state index in [1.165, 1.54) is 36.4 Å². The van der Waals surface area contributed by atoms with E-state index in [1.807, 2.05) is 76.2 Å². The summed E-state index contributed by atoms with van der Waals surface area (Å²) in [6.07, 6.45) is -0.549. The molecule has 0 aromatic heterocycles. The van der Waals surface area contributed by atoms with Crippen LogP contribution in [0.3, 0.4) is 0 Å². The standard InChI is InChI=1S/C37H39FN2O6/c1-24(31-14-8-10-25-9-5-6-13-33(25)31)40(36(44)46-37(2,3)4)23-28-22-39(20-19-32(28)27-11-7-12-29(38)21-27)35(43)45-30-17-15-26(16-18-30)34(41)42/h5-18,21,24,28,32H,19-20,22-23H2,1-4H3,(H,41,42)/t24-,28?,32?/m1/s1. The summed E-state index contributed by atoms with van der Waals surface area (Å²) >= 11 is 0. The van der Waals surface area contributed by atoms with Crippen LogP contribution in [0.5, 0.6) is 5.75 Å². The van der Waals surface area contributed by atoms with Crippen molar-refractivity contribution in [3.63, 3.8) is 0 Å². The monoisotopic (exact) mass is 626 g/mol. The molecule has 1 N–H and O–H groups in total. The highest BCUT2D eigenvalue weighted by Crippen LogP contribution is 2.37. The van der Waals surface area contributed by atoms with Crippen LogP contribution in [0.25, 0.3) is 10.8 Å². The number of carbonyl (C=O) groups is 3. The fourth-order valence-electron chi connectivity index (χ4n) is 6.14. The van der Waals surface area contributed by atoms with Gasteiger partial charge in [0.05, 0.1) is 11.6 Å². The number of rotatable bonds is 7. The zero-order chi connectivity index (χ0) is 33.0. The lowest BCUT2D eigenvalue weighted by Crippen LogP contribution is -2.49. The molecule has 46 heavy (non-hydrogen) atoms. The number of hydrogen-bond acceptors (Lipinski definition) is 5. The second-order valence-electron chi connectivity index (χ2n) is 12.7. The van der Waals surface area contributed by atoms with Crippen LogP contribution >= 0.6 is 0 Å². The van der Waals surface area contributed by atoms with Crippen molar-refractivity contribution < 1.29 is 33.4 Å². The molecule has 4 aromatic carbocycles. The van der Waals surface area contributed by atoms with E-state index in [-0.39, 0.29) is 48.1 Å². The van der Waals surface area contributed by atoms with Crippen molar-refractivity contribution in [2.45, 2.75) is 51.7 Å². The van der Waals surface area contributed by atoms with Crippen molar-refractivity contribution in [1.82, 2.24) is 9.80 Å². The number of halogens is 1. The molecule has 3 atom stereocenters. The normalized spacial score (nSPS) is 17.3. The maximum Gasteiger partial charge on any atom is 0.415 e. The molecule has 1 saturated heterocycles. The number of carboxylic acids is 1. The number of fused-ring (bicyclic) bond motifs is 1. The Morgan fingerprint density at radius 1 is 0.978 bits per heavy atom. The Balaban J connectivity index is 1.47. The fourth-order valence-corrected chi connectivity index (χ4v) is 6.14. The summed E-state index contributed by atoms with van der Waals surface area (Å²) in [5.41, 5.74) is 1.10. The fraction of sp³-hybridized carbons (Fsp3) is 0.324. The molecule has 0 saturated carbocycles. The van der Waals surface area contributed by atoms with E-state index in [2.05, 4.69) is 0 Å². The minimum atomic E-state index is -1.08. The maximum atomic E-state index is 14.4. The Morgan fingerprint density at radius 3 is 2.37 bits per heavy atom. The second kappa shape index (κ2) is 13.6. The van der Waals surface area contributed by atoms with Crippen molar-refractivity contribution in [2.24, 2.45) is 5.92 Å². The summed E-state index contributed by atoms with van der Waals surface area (Å²) in [7, 11) is 0. The Kier molecular flexibility index (Phi) is 9.60. The van der Waals surface area contributed by atoms with E-state index in [1.54, 1.807) is 15.9 Å². The first-order chi connectivity index (χ1) is 21.9. The number of piperidine rings is 1. The molecule has 1 aliphatic heterocycles. The third-order valence-corrected chi connectivity index (χ3v) is 8.38. The predicted molar refractivity (Wildman–Crippen MR) is 174 cm³/mol. The summed E-state index contributed by atoms with van der Waals surface area (Å²) in [6.45, 7) is 8.27. The lowest BCUT2D eigenvalue weighted by atomic mass is 9.80. The Labute approximate surface area is 268 Å². The maximum absolute atomic E-state index is 14.4. The van der Waals surface area contributed by atoms with Gasteiger partial charge in [0.25, 0.3) is 0 Å². The number of carbonyl (C=O) groups excluding carboxylic acids is 2. The highest BCUT2D eigenvalue weighted by atomic mass is 19.1. The van der Waals surface area contributed by atoms with Crippen molar-refractivity contribution in [3.8, 4) is 5.75 Å². The summed E-state index contributed by atoms with van der Waals surface area (Å²) < 4.78 is 26.0. The van der Waals surface area contributed by atoms with Gasteiger partial charge >= 0.3 is 18.2 Å². The van der Waals surface area contributed by atoms with E-state index < -0.39 is 23.8 Å². The molecule has 0 spiro atoms. The largest absolute Gasteiger partial charge is 0.478 e. The highest BCUT2D eigenvalue weighted by Gasteiger charge is 2.38. The van der Waals surface area contributed by atoms with Crippen molar-refractivity contribution in [2.75, 3.05) is 19.6 Å². The number of hydrogen-bond donors (Lipinski definition) is 1. The summed E-state index contributed by atoms with van der Waals surface area (Å²) in [4.78, 5) is 41.8. The van der Waals surface area contributed by atoms with Crippen molar-refractivity contribution in [1.29, 1.82) is 0 Å². The van der Waals surface area contributed by atoms with Gasteiger partial charge in [-0.1, -0.05) is 54.6 Å². The van der Waals surface area contributed by atoms with E-state index in [9.17, 15) is 23.9 Å². The van der Waals surface area contributed by atoms with Crippen LogP contribution in [-0.2, 0) is 4.74 Å². The quantitative estimate of drug-likeness (QED) is 0.222. The van der Waals surface area contributed by atoms with Crippen molar-refractivity contribution in [3.05, 3.63) is 114 Å². The van der Waals surface area contributed by atoms with Crippen LogP contribution in [0.4, 0.5) is 14.0 Å². The van der Waals surface area contributed by atoms with Gasteiger partial charge in [0.1, 0.15) is 17.2 Å². The summed E-state index contributed by atoms with van der Waals surface area (Å²) in [6, 6.07) is 25.7. The van der Waals surface area contributed by atoms with Crippen LogP contribution in [0, 0.1) is 11.7 Å². The molecular formula is C37H39FN2O6. The van der Waals surface area contributed by atoms with E-state index in [0.29, 0.717) is 13.0 Å². The van der Waals surface area contributed by atoms with Crippen LogP contribution in [0.2, 0.25) is 0 Å². The van der Waals surface area contributed by atoms with Crippen LogP contribution in [-0.4, -0.2) is 58.3 Å². The van der Waals surface area contributed by atoms with Crippen molar-refractivity contribution >= 4 is 28.9 Å². The highest BCUT2D eigenvalue weighted by molar-refractivity contribution is 5.88. The molecular weight excluding hydrogens is 587 g/mol. The van der Waals surface area contributed by atoms with Gasteiger partial charge in [-0.15, -0.1) is 0 Å². The molecule has 0 radical (unpaired) electrons. The van der Waals surface area contributed by atoms with Gasteiger partial charge in [-0.3, -0.25) is 0 Å². The molecule has 4 aromatic rings. The van der Waals surface area contributed by atoms with Gasteiger partial charge in [0.15, 0.2) is 0 Å². The Morgan fingerprint density at radius 2 is 1.67 bits per heavy atom. The molecule has 0 aliphatic carbocycles. The van der Waals surface area contributed by atoms with Crippen LogP contribution < -0.4 is 4.74 Å². The number of ether oxygens (including phenoxy) is 2. The number of benzene rings is 4. The van der Waals surface area contributed by atoms with Gasteiger partial charge in [-0.2, -0.15) is 0 Å². The van der Waals surface area contributed by atoms with Crippen LogP contribution in [0.1, 0.15) is 67.6 Å². The Bertz CT molecular complexity index is 1710. The minimum absolute atomic E-state index is 0.0818. The summed E-state index contributed by atoms with van der Waals surface area (Å²) in [5, 5.41) is 11.3. The molecule has 0 bridgehead atoms. The zero-order valence-electron chi connectivity index (χ0n) is 26.5. The van der Waals surface area contributed by atoms with Gasteiger partial charge in [0.2, 0.25) is 0 Å². The molecule has 1 fully saturated rings. The molecule has 9 heteroatoms. The average Bonchev–Trinajstić information content (AvgIpc) is 3.02. The lowest BCUT2D eigenvalue weighted by Gasteiger charge is -2.42. The van der Waals surface area contributed by atoms with Crippen LogP contribution in [0.15, 0.2) is 91.0 Å². The van der Waals surface area contributed by atoms with Gasteiger partial charge < -0.3 is 24.4 Å². The molecule has 240 valence electrons. The van der Waals surface area contributed by atoms with Gasteiger partial charge in [0, 0.05) is 25.6 Å². The minimum Gasteiger partial charge on any atom is -0.478 e. The molecule has 5 rings (SSSR count). The van der Waals surface area contributed by atoms with Gasteiger partial charge in [-0.05, 0) is 98.3 Å². The third kappa shape index (κ3) is 7.65. The first-order valence-corrected chi connectivity index (χ1v) is 15.4. The first kappa shape index (κ1) is 32.5. The van der Waals surface area contributed by atoms with E-state index in [0.717, 1.165) is 21.9 Å². The number of aromatic carboxylic acids is 1. The SMILES string of the molecule is C[C@H](c1cccc2ccccc12)N(CC1CN(C(=O)Oc2ccc(C(=O)O)cc2)CCC1c1cccc(F)c1)C(=O)OC(C)(C)C. The summed E-state index contributed by atoms with van der Waals surface area (Å²) in [5.74, 6) is -1.65. The van der Waals surface area contributed by atoms with E-state index >= 15 is 0 Å². The average molecular weight is 627 g/mol. The third-order valence-electron chi connectivity index (χ3n) is 8.38. The predicted octanol–water partition coefficient (Wildman–Crippen LogP) is 8.28. The molecule has 1 aliphatic rings. The number of carboxylic acid groups (broad SMARTS) is 1. The van der Waals surface area contributed by atoms with Gasteiger partial charge in [-0.25, -0.2) is 18.8 Å². The first-order valence-electron chi connectivity index (χ1n) is 15.4. The topological polar surface area (TPSA) is 96.4 Å². The molecule has 2 amide bonds. The molecule has 2 unspecified atom stereocenters. The number of nitrogens with zero attached hydrogens (tertiary/aromatic N) is 2. The number of amides is 2. The lowest BCUT2D eigenvalue weighted by molar-refractivity contribution is 0.00923. The Hall–Kier alpha value is -4.92. The molecule has 1 heterocycles. The zero-order valence-corrected chi connectivity index (χ0v) is 26.5. The smallest absolute Gasteiger partial charge is 0.415 e. The second-order valence-corrected chi connectivity index (χ2v) is 12.7. The molecule has 8 nitrogen and oxygen atoms in total. The number of likely N-dealkylation sites (tertiary alicyclic amines) is 1.